The Morgan fingerprint density at radius 2 is 1.04 bits per heavy atom. The summed E-state index contributed by atoms with van der Waals surface area (Å²) in [7, 11) is 0. The van der Waals surface area contributed by atoms with Crippen molar-refractivity contribution in [3.05, 3.63) is 82.4 Å². The molecule has 2 aromatic carbocycles. The lowest BCUT2D eigenvalue weighted by molar-refractivity contribution is -0.112. The van der Waals surface area contributed by atoms with E-state index in [-0.39, 0.29) is 17.4 Å². The number of rotatable bonds is 2. The second-order valence-electron chi connectivity index (χ2n) is 6.33. The van der Waals surface area contributed by atoms with E-state index in [0.717, 1.165) is 54.4 Å². The predicted molar refractivity (Wildman–Crippen MR) is 96.8 cm³/mol. The van der Waals surface area contributed by atoms with Gasteiger partial charge in [-0.1, -0.05) is 30.7 Å². The Morgan fingerprint density at radius 1 is 0.640 bits per heavy atom. The van der Waals surface area contributed by atoms with E-state index in [4.69, 9.17) is 0 Å². The van der Waals surface area contributed by atoms with Crippen LogP contribution in [0.25, 0.3) is 12.2 Å². The fourth-order valence-corrected chi connectivity index (χ4v) is 3.04. The zero-order valence-corrected chi connectivity index (χ0v) is 14.0. The van der Waals surface area contributed by atoms with Crippen LogP contribution >= 0.6 is 0 Å². The molecule has 0 unspecified atom stereocenters. The lowest BCUT2D eigenvalue weighted by Gasteiger charge is -2.15. The lowest BCUT2D eigenvalue weighted by Crippen LogP contribution is -2.09. The number of halogens is 2. The van der Waals surface area contributed by atoms with E-state index in [0.29, 0.717) is 0 Å². The highest BCUT2D eigenvalue weighted by molar-refractivity contribution is 6.13. The van der Waals surface area contributed by atoms with Gasteiger partial charge in [0.2, 0.25) is 0 Å². The van der Waals surface area contributed by atoms with Crippen molar-refractivity contribution in [3.8, 4) is 0 Å². The van der Waals surface area contributed by atoms with Crippen molar-refractivity contribution in [3.63, 3.8) is 0 Å². The van der Waals surface area contributed by atoms with Crippen molar-refractivity contribution in [1.82, 2.24) is 0 Å². The maximum Gasteiger partial charge on any atom is 0.185 e. The molecule has 0 aromatic heterocycles. The molecule has 1 aliphatic carbocycles. The molecule has 0 bridgehead atoms. The average molecular weight is 338 g/mol. The van der Waals surface area contributed by atoms with Gasteiger partial charge in [-0.05, 0) is 73.2 Å². The molecule has 0 saturated heterocycles. The summed E-state index contributed by atoms with van der Waals surface area (Å²) < 4.78 is 26.1. The summed E-state index contributed by atoms with van der Waals surface area (Å²) in [5.74, 6) is -0.542. The second-order valence-corrected chi connectivity index (χ2v) is 6.33. The first kappa shape index (κ1) is 17.3. The molecule has 1 nitrogen and oxygen atoms in total. The molecule has 0 amide bonds. The van der Waals surface area contributed by atoms with Crippen LogP contribution in [0.4, 0.5) is 8.78 Å². The molecule has 128 valence electrons. The molecule has 0 radical (unpaired) electrons. The van der Waals surface area contributed by atoms with Gasteiger partial charge in [0.15, 0.2) is 5.78 Å². The Hall–Kier alpha value is -2.55. The first-order valence-corrected chi connectivity index (χ1v) is 8.59. The first-order valence-electron chi connectivity index (χ1n) is 8.59. The van der Waals surface area contributed by atoms with Crippen LogP contribution in [0.5, 0.6) is 0 Å². The molecule has 1 saturated carbocycles. The van der Waals surface area contributed by atoms with Gasteiger partial charge in [-0.15, -0.1) is 0 Å². The summed E-state index contributed by atoms with van der Waals surface area (Å²) in [5, 5.41) is 0. The van der Waals surface area contributed by atoms with Crippen LogP contribution in [-0.2, 0) is 4.79 Å². The molecule has 0 atom stereocenters. The summed E-state index contributed by atoms with van der Waals surface area (Å²) in [6.45, 7) is 0. The van der Waals surface area contributed by atoms with Crippen LogP contribution in [0.15, 0.2) is 59.7 Å². The standard InChI is InChI=1S/C22H20F2O/c23-20-10-6-16(7-11-20)14-18-4-2-1-3-5-19(22(18)25)15-17-8-12-21(24)13-9-17/h6-15H,1-5H2. The zero-order valence-electron chi connectivity index (χ0n) is 14.0. The van der Waals surface area contributed by atoms with Crippen molar-refractivity contribution < 1.29 is 13.6 Å². The monoisotopic (exact) mass is 338 g/mol. The van der Waals surface area contributed by atoms with Crippen LogP contribution in [0.1, 0.15) is 43.2 Å². The highest BCUT2D eigenvalue weighted by atomic mass is 19.1. The van der Waals surface area contributed by atoms with E-state index >= 15 is 0 Å². The number of Topliss-reactive ketones (excluding diaryl/α,β-unsaturated/α-hetero) is 1. The number of hydrogen-bond acceptors (Lipinski definition) is 1. The Bertz CT molecular complexity index is 731. The second kappa shape index (κ2) is 8.02. The first-order chi connectivity index (χ1) is 12.1. The summed E-state index contributed by atoms with van der Waals surface area (Å²) in [6, 6.07) is 12.3. The summed E-state index contributed by atoms with van der Waals surface area (Å²) in [4.78, 5) is 13.0. The van der Waals surface area contributed by atoms with E-state index in [1.54, 1.807) is 24.3 Å². The van der Waals surface area contributed by atoms with Gasteiger partial charge in [0.05, 0.1) is 0 Å². The van der Waals surface area contributed by atoms with Crippen LogP contribution in [0.3, 0.4) is 0 Å². The van der Waals surface area contributed by atoms with Gasteiger partial charge in [-0.2, -0.15) is 0 Å². The highest BCUT2D eigenvalue weighted by Gasteiger charge is 2.17. The van der Waals surface area contributed by atoms with Gasteiger partial charge in [0.1, 0.15) is 11.6 Å². The van der Waals surface area contributed by atoms with E-state index in [9.17, 15) is 13.6 Å². The van der Waals surface area contributed by atoms with Crippen LogP contribution < -0.4 is 0 Å². The third-order valence-electron chi connectivity index (χ3n) is 4.40. The minimum atomic E-state index is -0.289. The predicted octanol–water partition coefficient (Wildman–Crippen LogP) is 5.97. The summed E-state index contributed by atoms with van der Waals surface area (Å²) >= 11 is 0. The summed E-state index contributed by atoms with van der Waals surface area (Å²) in [5.41, 5.74) is 3.15. The highest BCUT2D eigenvalue weighted by Crippen LogP contribution is 2.26. The van der Waals surface area contributed by atoms with E-state index in [1.165, 1.54) is 24.3 Å². The van der Waals surface area contributed by atoms with Crippen LogP contribution in [-0.4, -0.2) is 5.78 Å². The van der Waals surface area contributed by atoms with Crippen molar-refractivity contribution in [1.29, 1.82) is 0 Å². The Balaban J connectivity index is 1.91. The molecule has 3 heteroatoms. The van der Waals surface area contributed by atoms with Gasteiger partial charge in [-0.3, -0.25) is 4.79 Å². The number of ketones is 1. The van der Waals surface area contributed by atoms with Crippen molar-refractivity contribution in [2.24, 2.45) is 0 Å². The number of carbonyl (C=O) groups excluding carboxylic acids is 1. The molecule has 2 aromatic rings. The zero-order chi connectivity index (χ0) is 17.6. The van der Waals surface area contributed by atoms with Gasteiger partial charge in [0, 0.05) is 11.1 Å². The number of allylic oxidation sites excluding steroid dienone is 2. The average Bonchev–Trinajstić information content (AvgIpc) is 2.61. The van der Waals surface area contributed by atoms with E-state index in [1.807, 2.05) is 12.2 Å². The quantitative estimate of drug-likeness (QED) is 0.617. The van der Waals surface area contributed by atoms with Crippen molar-refractivity contribution >= 4 is 17.9 Å². The van der Waals surface area contributed by atoms with Crippen molar-refractivity contribution in [2.45, 2.75) is 32.1 Å². The van der Waals surface area contributed by atoms with E-state index in [2.05, 4.69) is 0 Å². The lowest BCUT2D eigenvalue weighted by atomic mass is 9.89. The van der Waals surface area contributed by atoms with Gasteiger partial charge in [-0.25, -0.2) is 8.78 Å². The number of hydrogen-bond donors (Lipinski definition) is 0. The number of benzene rings is 2. The molecular formula is C22H20F2O. The molecular weight excluding hydrogens is 318 g/mol. The molecule has 1 aliphatic rings. The maximum atomic E-state index is 13.1. The van der Waals surface area contributed by atoms with Crippen LogP contribution in [0, 0.1) is 11.6 Å². The van der Waals surface area contributed by atoms with Crippen molar-refractivity contribution in [2.75, 3.05) is 0 Å². The van der Waals surface area contributed by atoms with Crippen LogP contribution in [0.2, 0.25) is 0 Å². The normalized spacial score (nSPS) is 19.0. The fourth-order valence-electron chi connectivity index (χ4n) is 3.04. The fraction of sp³-hybridized carbons (Fsp3) is 0.227. The van der Waals surface area contributed by atoms with E-state index < -0.39 is 0 Å². The largest absolute Gasteiger partial charge is 0.289 e. The molecule has 25 heavy (non-hydrogen) atoms. The topological polar surface area (TPSA) is 17.1 Å². The third kappa shape index (κ3) is 4.72. The minimum Gasteiger partial charge on any atom is -0.289 e. The molecule has 0 heterocycles. The Morgan fingerprint density at radius 3 is 1.44 bits per heavy atom. The number of carbonyl (C=O) groups is 1. The molecule has 1 fully saturated rings. The molecule has 0 spiro atoms. The smallest absolute Gasteiger partial charge is 0.185 e. The Kier molecular flexibility index (Phi) is 5.54. The van der Waals surface area contributed by atoms with Gasteiger partial charge < -0.3 is 0 Å². The van der Waals surface area contributed by atoms with Gasteiger partial charge in [0.25, 0.3) is 0 Å². The molecule has 0 N–H and O–H groups in total. The molecule has 3 rings (SSSR count). The van der Waals surface area contributed by atoms with Gasteiger partial charge >= 0.3 is 0 Å². The SMILES string of the molecule is O=C1C(=Cc2ccc(F)cc2)CCCCCC1=Cc1ccc(F)cc1. The summed E-state index contributed by atoms with van der Waals surface area (Å²) in [6.07, 6.45) is 8.16. The minimum absolute atomic E-state index is 0.0355. The maximum absolute atomic E-state index is 13.1. The third-order valence-corrected chi connectivity index (χ3v) is 4.40. The Labute approximate surface area is 146 Å². The molecule has 0 aliphatic heterocycles.